The van der Waals surface area contributed by atoms with E-state index in [9.17, 15) is 4.79 Å². The number of halogens is 1. The molecule has 0 aromatic heterocycles. The van der Waals surface area contributed by atoms with Crippen molar-refractivity contribution in [3.63, 3.8) is 0 Å². The van der Waals surface area contributed by atoms with Crippen LogP contribution in [0.1, 0.15) is 12.8 Å². The van der Waals surface area contributed by atoms with E-state index in [0.29, 0.717) is 19.4 Å². The average Bonchev–Trinajstić information content (AvgIpc) is 1.87. The summed E-state index contributed by atoms with van der Waals surface area (Å²) in [5, 5.41) is 8.56. The Kier molecular flexibility index (Phi) is 3.96. The number of carboxylic acids is 1. The average molecular weight is 196 g/mol. The molecule has 0 aliphatic heterocycles. The minimum Gasteiger partial charge on any atom is -0.481 e. The molecule has 1 aliphatic carbocycles. The molecule has 0 atom stereocenters. The summed E-state index contributed by atoms with van der Waals surface area (Å²) >= 11 is 0. The van der Waals surface area contributed by atoms with Gasteiger partial charge in [0.1, 0.15) is 0 Å². The van der Waals surface area contributed by atoms with Crippen LogP contribution in [-0.2, 0) is 9.53 Å². The van der Waals surface area contributed by atoms with Crippen molar-refractivity contribution in [1.29, 1.82) is 0 Å². The van der Waals surface area contributed by atoms with Gasteiger partial charge in [-0.3, -0.25) is 4.79 Å². The molecule has 1 saturated carbocycles. The molecule has 0 aromatic rings. The molecular formula is C7H14ClNO3. The number of ether oxygens (including phenoxy) is 1. The summed E-state index contributed by atoms with van der Waals surface area (Å²) in [4.78, 5) is 10.4. The number of carboxylic acid groups (broad SMARTS) is 1. The SMILES string of the molecule is COC1(CN)CC(C(=O)O)C1.Cl. The van der Waals surface area contributed by atoms with Crippen LogP contribution in [0.15, 0.2) is 0 Å². The van der Waals surface area contributed by atoms with Crippen molar-refractivity contribution in [2.24, 2.45) is 11.7 Å². The normalized spacial score (nSPS) is 33.3. The summed E-state index contributed by atoms with van der Waals surface area (Å²) in [6.07, 6.45) is 1.10. The highest BCUT2D eigenvalue weighted by Gasteiger charge is 2.46. The number of nitrogens with two attached hydrogens (primary N) is 1. The van der Waals surface area contributed by atoms with Crippen LogP contribution in [0.3, 0.4) is 0 Å². The van der Waals surface area contributed by atoms with Crippen LogP contribution < -0.4 is 5.73 Å². The number of hydrogen-bond acceptors (Lipinski definition) is 3. The van der Waals surface area contributed by atoms with Gasteiger partial charge in [0.05, 0.1) is 11.5 Å². The molecule has 0 heterocycles. The molecule has 1 rings (SSSR count). The molecule has 5 heteroatoms. The van der Waals surface area contributed by atoms with Crippen molar-refractivity contribution >= 4 is 18.4 Å². The molecule has 12 heavy (non-hydrogen) atoms. The maximum Gasteiger partial charge on any atom is 0.306 e. The second kappa shape index (κ2) is 4.07. The summed E-state index contributed by atoms with van der Waals surface area (Å²) in [6.45, 7) is 0.410. The third-order valence-electron chi connectivity index (χ3n) is 2.39. The number of aliphatic carboxylic acids is 1. The molecule has 0 spiro atoms. The van der Waals surface area contributed by atoms with Gasteiger partial charge < -0.3 is 15.6 Å². The Morgan fingerprint density at radius 1 is 1.75 bits per heavy atom. The molecule has 0 bridgehead atoms. The van der Waals surface area contributed by atoms with Gasteiger partial charge in [-0.15, -0.1) is 12.4 Å². The minimum absolute atomic E-state index is 0. The molecule has 1 aliphatic rings. The Morgan fingerprint density at radius 2 is 2.25 bits per heavy atom. The van der Waals surface area contributed by atoms with Crippen LogP contribution >= 0.6 is 12.4 Å². The summed E-state index contributed by atoms with van der Waals surface area (Å²) in [7, 11) is 1.57. The summed E-state index contributed by atoms with van der Waals surface area (Å²) in [6, 6.07) is 0. The lowest BCUT2D eigenvalue weighted by Gasteiger charge is -2.43. The lowest BCUT2D eigenvalue weighted by Crippen LogP contribution is -2.53. The first-order valence-electron chi connectivity index (χ1n) is 3.61. The second-order valence-corrected chi connectivity index (χ2v) is 3.03. The van der Waals surface area contributed by atoms with Crippen LogP contribution in [0.25, 0.3) is 0 Å². The van der Waals surface area contributed by atoms with Crippen molar-refractivity contribution in [3.05, 3.63) is 0 Å². The van der Waals surface area contributed by atoms with E-state index < -0.39 is 5.97 Å². The van der Waals surface area contributed by atoms with E-state index in [0.717, 1.165) is 0 Å². The predicted octanol–water partition coefficient (Wildman–Crippen LogP) is 0.247. The van der Waals surface area contributed by atoms with Crippen LogP contribution in [-0.4, -0.2) is 30.3 Å². The molecule has 0 amide bonds. The Hall–Kier alpha value is -0.320. The van der Waals surface area contributed by atoms with E-state index in [4.69, 9.17) is 15.6 Å². The number of carbonyl (C=O) groups is 1. The van der Waals surface area contributed by atoms with Crippen molar-refractivity contribution in [3.8, 4) is 0 Å². The maximum absolute atomic E-state index is 10.4. The largest absolute Gasteiger partial charge is 0.481 e. The highest BCUT2D eigenvalue weighted by atomic mass is 35.5. The van der Waals surface area contributed by atoms with Gasteiger partial charge in [-0.2, -0.15) is 0 Å². The first-order valence-corrected chi connectivity index (χ1v) is 3.61. The van der Waals surface area contributed by atoms with Crippen molar-refractivity contribution < 1.29 is 14.6 Å². The lowest BCUT2D eigenvalue weighted by molar-refractivity contribution is -0.161. The van der Waals surface area contributed by atoms with Gasteiger partial charge in [-0.1, -0.05) is 0 Å². The molecule has 0 radical (unpaired) electrons. The summed E-state index contributed by atoms with van der Waals surface area (Å²) in [5.41, 5.74) is 5.08. The van der Waals surface area contributed by atoms with E-state index in [2.05, 4.69) is 0 Å². The second-order valence-electron chi connectivity index (χ2n) is 3.03. The van der Waals surface area contributed by atoms with Gasteiger partial charge >= 0.3 is 5.97 Å². The molecule has 3 N–H and O–H groups in total. The summed E-state index contributed by atoms with van der Waals surface area (Å²) in [5.74, 6) is -0.996. The fourth-order valence-corrected chi connectivity index (χ4v) is 1.43. The molecular weight excluding hydrogens is 182 g/mol. The monoisotopic (exact) mass is 195 g/mol. The van der Waals surface area contributed by atoms with Gasteiger partial charge in [-0.25, -0.2) is 0 Å². The van der Waals surface area contributed by atoms with Gasteiger partial charge in [0.25, 0.3) is 0 Å². The molecule has 0 unspecified atom stereocenters. The predicted molar refractivity (Wildman–Crippen MR) is 46.4 cm³/mol. The zero-order chi connectivity index (χ0) is 8.48. The van der Waals surface area contributed by atoms with Gasteiger partial charge in [0.15, 0.2) is 0 Å². The summed E-state index contributed by atoms with van der Waals surface area (Å²) < 4.78 is 5.12. The van der Waals surface area contributed by atoms with Crippen LogP contribution in [0.2, 0.25) is 0 Å². The zero-order valence-corrected chi connectivity index (χ0v) is 7.76. The van der Waals surface area contributed by atoms with Crippen LogP contribution in [0, 0.1) is 5.92 Å². The van der Waals surface area contributed by atoms with Crippen molar-refractivity contribution in [2.45, 2.75) is 18.4 Å². The highest BCUT2D eigenvalue weighted by molar-refractivity contribution is 5.85. The van der Waals surface area contributed by atoms with E-state index in [1.807, 2.05) is 0 Å². The molecule has 0 saturated heterocycles. The highest BCUT2D eigenvalue weighted by Crippen LogP contribution is 2.39. The lowest BCUT2D eigenvalue weighted by atomic mass is 9.71. The van der Waals surface area contributed by atoms with Crippen LogP contribution in [0.4, 0.5) is 0 Å². The fourth-order valence-electron chi connectivity index (χ4n) is 1.43. The van der Waals surface area contributed by atoms with Crippen LogP contribution in [0.5, 0.6) is 0 Å². The number of hydrogen-bond donors (Lipinski definition) is 2. The third-order valence-corrected chi connectivity index (χ3v) is 2.39. The maximum atomic E-state index is 10.4. The minimum atomic E-state index is -0.744. The van der Waals surface area contributed by atoms with E-state index >= 15 is 0 Å². The zero-order valence-electron chi connectivity index (χ0n) is 6.95. The van der Waals surface area contributed by atoms with E-state index in [-0.39, 0.29) is 23.9 Å². The molecule has 0 aromatic carbocycles. The number of methoxy groups -OCH3 is 1. The Bertz CT molecular complexity index is 162. The Morgan fingerprint density at radius 3 is 2.50 bits per heavy atom. The van der Waals surface area contributed by atoms with E-state index in [1.54, 1.807) is 7.11 Å². The molecule has 72 valence electrons. The quantitative estimate of drug-likeness (QED) is 0.677. The topological polar surface area (TPSA) is 72.5 Å². The standard InChI is InChI=1S/C7H13NO3.ClH/c1-11-7(4-8)2-5(3-7)6(9)10;/h5H,2-4,8H2,1H3,(H,9,10);1H. The Balaban J connectivity index is 0.00000121. The first kappa shape index (κ1) is 11.7. The van der Waals surface area contributed by atoms with Gasteiger partial charge in [0.2, 0.25) is 0 Å². The number of rotatable bonds is 3. The van der Waals surface area contributed by atoms with Gasteiger partial charge in [0, 0.05) is 13.7 Å². The van der Waals surface area contributed by atoms with Crippen molar-refractivity contribution in [2.75, 3.05) is 13.7 Å². The smallest absolute Gasteiger partial charge is 0.306 e. The fraction of sp³-hybridized carbons (Fsp3) is 0.857. The Labute approximate surface area is 77.5 Å². The van der Waals surface area contributed by atoms with Gasteiger partial charge in [-0.05, 0) is 12.8 Å². The third kappa shape index (κ3) is 1.88. The van der Waals surface area contributed by atoms with Crippen molar-refractivity contribution in [1.82, 2.24) is 0 Å². The molecule has 1 fully saturated rings. The molecule has 4 nitrogen and oxygen atoms in total. The first-order chi connectivity index (χ1) is 5.13. The van der Waals surface area contributed by atoms with E-state index in [1.165, 1.54) is 0 Å².